The third-order valence-corrected chi connectivity index (χ3v) is 7.00. The summed E-state index contributed by atoms with van der Waals surface area (Å²) in [6, 6.07) is 9.82. The van der Waals surface area contributed by atoms with Crippen molar-refractivity contribution in [2.45, 2.75) is 26.3 Å². The van der Waals surface area contributed by atoms with Gasteiger partial charge in [0.1, 0.15) is 11.4 Å². The van der Waals surface area contributed by atoms with Crippen molar-refractivity contribution in [3.05, 3.63) is 105 Å². The van der Waals surface area contributed by atoms with E-state index >= 15 is 4.39 Å². The smallest absolute Gasteiger partial charge is 0.335 e. The van der Waals surface area contributed by atoms with E-state index in [0.29, 0.717) is 32.0 Å². The molecule has 0 bridgehead atoms. The number of carbonyl (C=O) groups is 1. The van der Waals surface area contributed by atoms with Gasteiger partial charge in [-0.2, -0.15) is 0 Å². The van der Waals surface area contributed by atoms with E-state index in [9.17, 15) is 18.8 Å². The maximum atomic E-state index is 15.3. The standard InChI is InChI=1S/C31H30F2N6O5/c1-19(2)38-18-24(30(41)39(31(38)42)22-6-3-20(32)4-7-22)29(40)36-21-5-8-27(25(33)15-21)44-28-16-23(17-35-26(28)9-10-34)37-11-13-43-14-12-37/h3-8,10,15-19,34H,9,11-14H2,1-2H3,(H,36,40). The largest absolute Gasteiger partial charge is 0.452 e. The Kier molecular flexibility index (Phi) is 8.95. The average Bonchev–Trinajstić information content (AvgIpc) is 3.00. The van der Waals surface area contributed by atoms with Gasteiger partial charge in [0.05, 0.1) is 36.5 Å². The summed E-state index contributed by atoms with van der Waals surface area (Å²) in [6.07, 6.45) is 4.18. The molecule has 13 heteroatoms. The molecular formula is C31H30F2N6O5. The van der Waals surface area contributed by atoms with Crippen LogP contribution in [0.5, 0.6) is 11.5 Å². The van der Waals surface area contributed by atoms with Crippen molar-refractivity contribution in [3.63, 3.8) is 0 Å². The molecule has 1 aliphatic heterocycles. The molecule has 1 amide bonds. The number of morpholine rings is 1. The first-order chi connectivity index (χ1) is 21.2. The van der Waals surface area contributed by atoms with Gasteiger partial charge in [-0.15, -0.1) is 0 Å². The van der Waals surface area contributed by atoms with Gasteiger partial charge < -0.3 is 25.1 Å². The first kappa shape index (κ1) is 30.3. The van der Waals surface area contributed by atoms with Gasteiger partial charge in [0, 0.05) is 55.8 Å². The van der Waals surface area contributed by atoms with E-state index in [1.165, 1.54) is 35.0 Å². The molecule has 1 fully saturated rings. The minimum atomic E-state index is -0.914. The second-order valence-electron chi connectivity index (χ2n) is 10.3. The first-order valence-electron chi connectivity index (χ1n) is 13.9. The Labute approximate surface area is 250 Å². The van der Waals surface area contributed by atoms with Crippen molar-refractivity contribution in [1.29, 1.82) is 5.41 Å². The molecule has 4 aromatic rings. The van der Waals surface area contributed by atoms with Gasteiger partial charge >= 0.3 is 5.69 Å². The summed E-state index contributed by atoms with van der Waals surface area (Å²) in [4.78, 5) is 46.1. The SMILES string of the molecule is CC(C)n1cc(C(=O)Nc2ccc(Oc3cc(N4CCOCC4)cnc3CC=N)c(F)c2)c(=O)n(-c2ccc(F)cc2)c1=O. The number of amides is 1. The zero-order valence-corrected chi connectivity index (χ0v) is 24.0. The van der Waals surface area contributed by atoms with Gasteiger partial charge in [-0.1, -0.05) is 0 Å². The molecule has 44 heavy (non-hydrogen) atoms. The van der Waals surface area contributed by atoms with Gasteiger partial charge in [-0.25, -0.2) is 18.1 Å². The number of carbonyl (C=O) groups excluding carboxylic acids is 1. The summed E-state index contributed by atoms with van der Waals surface area (Å²) in [5.74, 6) is -2.07. The lowest BCUT2D eigenvalue weighted by atomic mass is 10.2. The number of aromatic nitrogens is 3. The van der Waals surface area contributed by atoms with Crippen LogP contribution in [0.1, 0.15) is 35.9 Å². The van der Waals surface area contributed by atoms with E-state index in [0.717, 1.165) is 34.7 Å². The van der Waals surface area contributed by atoms with Crippen molar-refractivity contribution < 1.29 is 23.0 Å². The third-order valence-electron chi connectivity index (χ3n) is 7.00. The summed E-state index contributed by atoms with van der Waals surface area (Å²) in [7, 11) is 0. The summed E-state index contributed by atoms with van der Waals surface area (Å²) < 4.78 is 42.1. The van der Waals surface area contributed by atoms with E-state index in [1.807, 2.05) is 0 Å². The van der Waals surface area contributed by atoms with Gasteiger partial charge in [-0.05, 0) is 50.2 Å². The number of pyridine rings is 1. The lowest BCUT2D eigenvalue weighted by Gasteiger charge is -2.29. The average molecular weight is 605 g/mol. The van der Waals surface area contributed by atoms with Crippen LogP contribution < -0.4 is 26.2 Å². The number of hydrogen-bond acceptors (Lipinski definition) is 8. The molecular weight excluding hydrogens is 574 g/mol. The van der Waals surface area contributed by atoms with Crippen LogP contribution in [0.2, 0.25) is 0 Å². The fourth-order valence-electron chi connectivity index (χ4n) is 4.69. The summed E-state index contributed by atoms with van der Waals surface area (Å²) >= 11 is 0. The van der Waals surface area contributed by atoms with Crippen molar-refractivity contribution in [3.8, 4) is 17.2 Å². The Hall–Kier alpha value is -5.17. The quantitative estimate of drug-likeness (QED) is 0.272. The summed E-state index contributed by atoms with van der Waals surface area (Å²) in [6.45, 7) is 5.87. The van der Waals surface area contributed by atoms with Crippen LogP contribution in [0.3, 0.4) is 0 Å². The number of halogens is 2. The van der Waals surface area contributed by atoms with Crippen LogP contribution in [0.15, 0.2) is 70.5 Å². The second kappa shape index (κ2) is 13.0. The molecule has 2 aromatic carbocycles. The predicted molar refractivity (Wildman–Crippen MR) is 161 cm³/mol. The van der Waals surface area contributed by atoms with Crippen molar-refractivity contribution in [1.82, 2.24) is 14.1 Å². The molecule has 2 aromatic heterocycles. The maximum absolute atomic E-state index is 15.3. The van der Waals surface area contributed by atoms with E-state index in [1.54, 1.807) is 26.1 Å². The number of hydrogen-bond donors (Lipinski definition) is 2. The number of ether oxygens (including phenoxy) is 2. The number of benzene rings is 2. The Balaban J connectivity index is 1.42. The summed E-state index contributed by atoms with van der Waals surface area (Å²) in [5, 5.41) is 9.99. The van der Waals surface area contributed by atoms with E-state index < -0.39 is 34.8 Å². The number of rotatable bonds is 9. The van der Waals surface area contributed by atoms with Gasteiger partial charge in [0.15, 0.2) is 17.3 Å². The highest BCUT2D eigenvalue weighted by Crippen LogP contribution is 2.31. The highest BCUT2D eigenvalue weighted by molar-refractivity contribution is 6.03. The predicted octanol–water partition coefficient (Wildman–Crippen LogP) is 4.33. The molecule has 1 aliphatic rings. The number of nitrogens with zero attached hydrogens (tertiary/aromatic N) is 4. The molecule has 0 spiro atoms. The molecule has 228 valence electrons. The van der Waals surface area contributed by atoms with Crippen molar-refractivity contribution in [2.24, 2.45) is 0 Å². The topological polar surface area (TPSA) is 132 Å². The Morgan fingerprint density at radius 1 is 1.07 bits per heavy atom. The fraction of sp³-hybridized carbons (Fsp3) is 0.258. The Morgan fingerprint density at radius 2 is 1.80 bits per heavy atom. The minimum absolute atomic E-state index is 0.0368. The van der Waals surface area contributed by atoms with Crippen LogP contribution in [0.25, 0.3) is 5.69 Å². The molecule has 0 unspecified atom stereocenters. The highest BCUT2D eigenvalue weighted by atomic mass is 19.1. The first-order valence-corrected chi connectivity index (χ1v) is 13.9. The van der Waals surface area contributed by atoms with Crippen LogP contribution in [0.4, 0.5) is 20.2 Å². The van der Waals surface area contributed by atoms with Crippen molar-refractivity contribution in [2.75, 3.05) is 36.5 Å². The molecule has 11 nitrogen and oxygen atoms in total. The van der Waals surface area contributed by atoms with E-state index in [4.69, 9.17) is 14.9 Å². The van der Waals surface area contributed by atoms with E-state index in [2.05, 4.69) is 15.2 Å². The number of nitrogens with one attached hydrogen (secondary N) is 2. The van der Waals surface area contributed by atoms with Crippen LogP contribution in [0, 0.1) is 17.0 Å². The van der Waals surface area contributed by atoms with E-state index in [-0.39, 0.29) is 34.9 Å². The lowest BCUT2D eigenvalue weighted by molar-refractivity contribution is 0.102. The van der Waals surface area contributed by atoms with Crippen LogP contribution in [-0.4, -0.2) is 52.5 Å². The molecule has 0 aliphatic carbocycles. The molecule has 0 saturated carbocycles. The molecule has 0 radical (unpaired) electrons. The lowest BCUT2D eigenvalue weighted by Crippen LogP contribution is -2.42. The Bertz CT molecular complexity index is 1810. The molecule has 2 N–H and O–H groups in total. The number of anilines is 2. The second-order valence-corrected chi connectivity index (χ2v) is 10.3. The third kappa shape index (κ3) is 6.42. The zero-order valence-electron chi connectivity index (χ0n) is 24.0. The van der Waals surface area contributed by atoms with Crippen LogP contribution >= 0.6 is 0 Å². The van der Waals surface area contributed by atoms with Gasteiger partial charge in [0.2, 0.25) is 0 Å². The molecule has 1 saturated heterocycles. The highest BCUT2D eigenvalue weighted by Gasteiger charge is 2.21. The monoisotopic (exact) mass is 604 g/mol. The molecule has 3 heterocycles. The van der Waals surface area contributed by atoms with Gasteiger partial charge in [0.25, 0.3) is 11.5 Å². The molecule has 0 atom stereocenters. The Morgan fingerprint density at radius 3 is 2.45 bits per heavy atom. The van der Waals surface area contributed by atoms with Gasteiger partial charge in [-0.3, -0.25) is 19.1 Å². The zero-order chi connectivity index (χ0) is 31.4. The maximum Gasteiger partial charge on any atom is 0.335 e. The minimum Gasteiger partial charge on any atom is -0.452 e. The normalized spacial score (nSPS) is 13.2. The fourth-order valence-corrected chi connectivity index (χ4v) is 4.69. The van der Waals surface area contributed by atoms with Crippen LogP contribution in [-0.2, 0) is 11.2 Å². The summed E-state index contributed by atoms with van der Waals surface area (Å²) in [5.41, 5.74) is -0.632. The van der Waals surface area contributed by atoms with Crippen molar-refractivity contribution >= 4 is 23.5 Å². The molecule has 5 rings (SSSR count).